The molecule has 0 bridgehead atoms. The number of carbonyl (C=O) groups is 1. The monoisotopic (exact) mass is 340 g/mol. The van der Waals surface area contributed by atoms with E-state index in [2.05, 4.69) is 0 Å². The molecule has 2 heterocycles. The number of likely N-dealkylation sites (tertiary alicyclic amines) is 1. The summed E-state index contributed by atoms with van der Waals surface area (Å²) in [5.41, 5.74) is 1.13. The Balaban J connectivity index is 1.70. The van der Waals surface area contributed by atoms with Gasteiger partial charge in [0.05, 0.1) is 0 Å². The summed E-state index contributed by atoms with van der Waals surface area (Å²) >= 11 is 0. The Morgan fingerprint density at radius 3 is 2.36 bits per heavy atom. The van der Waals surface area contributed by atoms with Crippen LogP contribution >= 0.6 is 0 Å². The van der Waals surface area contributed by atoms with Crippen molar-refractivity contribution in [1.82, 2.24) is 9.47 Å². The lowest BCUT2D eigenvalue weighted by molar-refractivity contribution is 0.0778. The first-order chi connectivity index (χ1) is 12.0. The van der Waals surface area contributed by atoms with Crippen molar-refractivity contribution in [3.8, 4) is 5.69 Å². The molecule has 0 spiro atoms. The maximum atomic E-state index is 13.1. The predicted molar refractivity (Wildman–Crippen MR) is 93.5 cm³/mol. The van der Waals surface area contributed by atoms with E-state index in [0.29, 0.717) is 23.1 Å². The molecule has 1 aliphatic carbocycles. The summed E-state index contributed by atoms with van der Waals surface area (Å²) < 4.78 is 14.6. The first-order valence-electron chi connectivity index (χ1n) is 8.82. The number of benzene rings is 1. The Bertz CT molecular complexity index is 860. The van der Waals surface area contributed by atoms with Crippen LogP contribution in [0, 0.1) is 24.6 Å². The van der Waals surface area contributed by atoms with Gasteiger partial charge in [-0.3, -0.25) is 14.2 Å². The zero-order valence-corrected chi connectivity index (χ0v) is 14.2. The fourth-order valence-electron chi connectivity index (χ4n) is 4.25. The topological polar surface area (TPSA) is 42.3 Å². The molecule has 4 nitrogen and oxygen atoms in total. The Morgan fingerprint density at radius 1 is 1.08 bits per heavy atom. The summed E-state index contributed by atoms with van der Waals surface area (Å²) in [7, 11) is 0. The van der Waals surface area contributed by atoms with Gasteiger partial charge in [-0.2, -0.15) is 0 Å². The van der Waals surface area contributed by atoms with E-state index >= 15 is 0 Å². The van der Waals surface area contributed by atoms with Crippen molar-refractivity contribution < 1.29 is 9.18 Å². The lowest BCUT2D eigenvalue weighted by Crippen LogP contribution is -2.36. The molecule has 5 heteroatoms. The van der Waals surface area contributed by atoms with Crippen molar-refractivity contribution in [2.45, 2.75) is 26.2 Å². The molecule has 1 aliphatic heterocycles. The molecule has 4 rings (SSSR count). The second kappa shape index (κ2) is 6.14. The number of hydrogen-bond donors (Lipinski definition) is 0. The molecule has 1 aromatic heterocycles. The molecule has 1 aromatic carbocycles. The summed E-state index contributed by atoms with van der Waals surface area (Å²) in [6.45, 7) is 3.31. The maximum absolute atomic E-state index is 13.1. The summed E-state index contributed by atoms with van der Waals surface area (Å²) in [6, 6.07) is 7.48. The summed E-state index contributed by atoms with van der Waals surface area (Å²) in [4.78, 5) is 27.8. The molecule has 1 amide bonds. The molecular formula is C20H21FN2O2. The molecule has 0 N–H and O–H groups in total. The number of nitrogens with zero attached hydrogens (tertiary/aromatic N) is 2. The van der Waals surface area contributed by atoms with E-state index in [1.54, 1.807) is 31.3 Å². The molecule has 25 heavy (non-hydrogen) atoms. The number of hydrogen-bond acceptors (Lipinski definition) is 2. The van der Waals surface area contributed by atoms with Crippen molar-refractivity contribution in [2.75, 3.05) is 13.1 Å². The molecule has 2 atom stereocenters. The molecule has 2 fully saturated rings. The highest BCUT2D eigenvalue weighted by molar-refractivity contribution is 5.95. The fourth-order valence-corrected chi connectivity index (χ4v) is 4.25. The average Bonchev–Trinajstić information content (AvgIpc) is 3.18. The van der Waals surface area contributed by atoms with Crippen molar-refractivity contribution in [3.05, 3.63) is 63.8 Å². The van der Waals surface area contributed by atoms with Gasteiger partial charge in [0, 0.05) is 25.0 Å². The zero-order valence-electron chi connectivity index (χ0n) is 14.2. The number of rotatable bonds is 2. The van der Waals surface area contributed by atoms with Crippen LogP contribution in [0.3, 0.4) is 0 Å². The van der Waals surface area contributed by atoms with Crippen LogP contribution in [0.2, 0.25) is 0 Å². The van der Waals surface area contributed by atoms with Gasteiger partial charge in [0.2, 0.25) is 0 Å². The lowest BCUT2D eigenvalue weighted by atomic mass is 10.0. The minimum absolute atomic E-state index is 0.173. The summed E-state index contributed by atoms with van der Waals surface area (Å²) in [5.74, 6) is 0.650. The summed E-state index contributed by atoms with van der Waals surface area (Å²) in [5, 5.41) is 0. The van der Waals surface area contributed by atoms with Crippen LogP contribution in [-0.4, -0.2) is 28.5 Å². The normalized spacial score (nSPS) is 22.2. The van der Waals surface area contributed by atoms with Gasteiger partial charge >= 0.3 is 0 Å². The number of fused-ring (bicyclic) bond motifs is 1. The highest BCUT2D eigenvalue weighted by Gasteiger charge is 2.39. The van der Waals surface area contributed by atoms with E-state index in [-0.39, 0.29) is 22.8 Å². The number of carbonyl (C=O) groups excluding carboxylic acids is 1. The van der Waals surface area contributed by atoms with Gasteiger partial charge in [-0.25, -0.2) is 4.39 Å². The minimum atomic E-state index is -0.358. The standard InChI is InChI=1S/C20H21FN2O2/c1-13-9-10-23(17-7-5-16(21)6-8-17)20(25)18(13)19(24)22-11-14-3-2-4-15(14)12-22/h5-10,14-15H,2-4,11-12H2,1H3/t14-,15+. The Kier molecular flexibility index (Phi) is 3.94. The first kappa shape index (κ1) is 16.1. The number of halogens is 1. The molecule has 1 saturated heterocycles. The molecule has 130 valence electrons. The number of aryl methyl sites for hydroxylation is 1. The summed E-state index contributed by atoms with van der Waals surface area (Å²) in [6.07, 6.45) is 5.25. The fraction of sp³-hybridized carbons (Fsp3) is 0.400. The number of aromatic nitrogens is 1. The van der Waals surface area contributed by atoms with E-state index in [1.807, 2.05) is 4.90 Å². The van der Waals surface area contributed by atoms with Crippen molar-refractivity contribution in [2.24, 2.45) is 11.8 Å². The second-order valence-corrected chi connectivity index (χ2v) is 7.19. The quantitative estimate of drug-likeness (QED) is 0.843. The van der Waals surface area contributed by atoms with Crippen LogP contribution < -0.4 is 5.56 Å². The smallest absolute Gasteiger partial charge is 0.268 e. The van der Waals surface area contributed by atoms with E-state index in [9.17, 15) is 14.0 Å². The van der Waals surface area contributed by atoms with E-state index in [1.165, 1.54) is 36.0 Å². The Morgan fingerprint density at radius 2 is 1.72 bits per heavy atom. The maximum Gasteiger partial charge on any atom is 0.268 e. The van der Waals surface area contributed by atoms with Gasteiger partial charge in [-0.15, -0.1) is 0 Å². The minimum Gasteiger partial charge on any atom is -0.338 e. The Hall–Kier alpha value is -2.43. The third-order valence-corrected chi connectivity index (χ3v) is 5.63. The highest BCUT2D eigenvalue weighted by atomic mass is 19.1. The number of pyridine rings is 1. The van der Waals surface area contributed by atoms with Gasteiger partial charge in [0.15, 0.2) is 0 Å². The van der Waals surface area contributed by atoms with Gasteiger partial charge in [-0.05, 0) is 67.5 Å². The first-order valence-corrected chi connectivity index (χ1v) is 8.82. The lowest BCUT2D eigenvalue weighted by Gasteiger charge is -2.19. The van der Waals surface area contributed by atoms with Gasteiger partial charge in [0.1, 0.15) is 11.4 Å². The molecule has 2 aromatic rings. The van der Waals surface area contributed by atoms with E-state index in [0.717, 1.165) is 13.1 Å². The third-order valence-electron chi connectivity index (χ3n) is 5.63. The van der Waals surface area contributed by atoms with Gasteiger partial charge in [0.25, 0.3) is 11.5 Å². The van der Waals surface area contributed by atoms with Crippen LogP contribution in [0.4, 0.5) is 4.39 Å². The van der Waals surface area contributed by atoms with Gasteiger partial charge < -0.3 is 4.90 Å². The molecule has 0 unspecified atom stereocenters. The van der Waals surface area contributed by atoms with E-state index in [4.69, 9.17) is 0 Å². The largest absolute Gasteiger partial charge is 0.338 e. The highest BCUT2D eigenvalue weighted by Crippen LogP contribution is 2.38. The van der Waals surface area contributed by atoms with Crippen molar-refractivity contribution in [3.63, 3.8) is 0 Å². The van der Waals surface area contributed by atoms with Crippen LogP contribution in [0.1, 0.15) is 35.2 Å². The molecule has 1 saturated carbocycles. The molecular weight excluding hydrogens is 319 g/mol. The Labute approximate surface area is 145 Å². The van der Waals surface area contributed by atoms with Crippen LogP contribution in [0.15, 0.2) is 41.3 Å². The van der Waals surface area contributed by atoms with Crippen molar-refractivity contribution >= 4 is 5.91 Å². The second-order valence-electron chi connectivity index (χ2n) is 7.19. The average molecular weight is 340 g/mol. The number of amides is 1. The van der Waals surface area contributed by atoms with Crippen molar-refractivity contribution in [1.29, 1.82) is 0 Å². The van der Waals surface area contributed by atoms with Crippen LogP contribution in [-0.2, 0) is 0 Å². The SMILES string of the molecule is Cc1ccn(-c2ccc(F)cc2)c(=O)c1C(=O)N1C[C@H]2CCC[C@H]2C1. The zero-order chi connectivity index (χ0) is 17.6. The predicted octanol–water partition coefficient (Wildman–Crippen LogP) is 3.16. The third kappa shape index (κ3) is 2.77. The van der Waals surface area contributed by atoms with Crippen LogP contribution in [0.25, 0.3) is 5.69 Å². The molecule has 2 aliphatic rings. The molecule has 0 radical (unpaired) electrons. The van der Waals surface area contributed by atoms with Crippen LogP contribution in [0.5, 0.6) is 0 Å². The van der Waals surface area contributed by atoms with Gasteiger partial charge in [-0.1, -0.05) is 6.42 Å². The van der Waals surface area contributed by atoms with E-state index < -0.39 is 0 Å².